The van der Waals surface area contributed by atoms with E-state index in [4.69, 9.17) is 11.1 Å². The van der Waals surface area contributed by atoms with Crippen molar-refractivity contribution in [1.82, 2.24) is 4.98 Å². The highest BCUT2D eigenvalue weighted by Gasteiger charge is 2.13. The minimum atomic E-state index is 0.109. The normalized spacial score (nSPS) is 10.5. The number of nitrogen functional groups attached to an aromatic ring is 1. The van der Waals surface area contributed by atoms with Crippen LogP contribution in [0.3, 0.4) is 0 Å². The number of benzene rings is 1. The monoisotopic (exact) mass is 245 g/mol. The Hall–Kier alpha value is -1.68. The lowest BCUT2D eigenvalue weighted by molar-refractivity contribution is 1.06. The number of nitrogens with one attached hydrogen (secondary N) is 1. The number of aromatic nitrogens is 1. The Morgan fingerprint density at radius 1 is 1.47 bits per heavy atom. The molecule has 88 valence electrons. The van der Waals surface area contributed by atoms with Gasteiger partial charge in [0.1, 0.15) is 10.8 Å². The van der Waals surface area contributed by atoms with Crippen LogP contribution in [0.5, 0.6) is 0 Å². The number of hydrogen-bond donors (Lipinski definition) is 2. The molecule has 0 unspecified atom stereocenters. The Morgan fingerprint density at radius 3 is 2.76 bits per heavy atom. The lowest BCUT2D eigenvalue weighted by atomic mass is 10.1. The average Bonchev–Trinajstić information content (AvgIpc) is 2.73. The zero-order chi connectivity index (χ0) is 12.4. The first-order valence-corrected chi connectivity index (χ1v) is 6.34. The molecule has 0 spiro atoms. The second kappa shape index (κ2) is 4.67. The third-order valence-electron chi connectivity index (χ3n) is 2.54. The summed E-state index contributed by atoms with van der Waals surface area (Å²) in [5.74, 6) is 0.109. The maximum Gasteiger partial charge on any atom is 0.135 e. The predicted octanol–water partition coefficient (Wildman–Crippen LogP) is 2.96. The van der Waals surface area contributed by atoms with Crippen molar-refractivity contribution in [1.29, 1.82) is 5.41 Å². The van der Waals surface area contributed by atoms with Gasteiger partial charge >= 0.3 is 0 Å². The van der Waals surface area contributed by atoms with E-state index < -0.39 is 0 Å². The van der Waals surface area contributed by atoms with Gasteiger partial charge < -0.3 is 5.73 Å². The predicted molar refractivity (Wildman–Crippen MR) is 72.7 cm³/mol. The average molecular weight is 245 g/mol. The zero-order valence-corrected chi connectivity index (χ0v) is 10.8. The van der Waals surface area contributed by atoms with Crippen LogP contribution < -0.4 is 5.73 Å². The maximum absolute atomic E-state index is 7.55. The molecule has 17 heavy (non-hydrogen) atoms. The number of aryl methyl sites for hydroxylation is 2. The van der Waals surface area contributed by atoms with E-state index in [1.165, 1.54) is 16.9 Å². The van der Waals surface area contributed by atoms with Crippen molar-refractivity contribution >= 4 is 17.2 Å². The minimum absolute atomic E-state index is 0.109. The molecular weight excluding hydrogens is 230 g/mol. The van der Waals surface area contributed by atoms with Gasteiger partial charge in [-0.3, -0.25) is 5.41 Å². The third-order valence-corrected chi connectivity index (χ3v) is 3.72. The molecule has 0 aliphatic rings. The van der Waals surface area contributed by atoms with Gasteiger partial charge in [-0.2, -0.15) is 0 Å². The van der Waals surface area contributed by atoms with Crippen LogP contribution >= 0.6 is 11.3 Å². The molecule has 1 heterocycles. The van der Waals surface area contributed by atoms with Gasteiger partial charge in [0.2, 0.25) is 0 Å². The van der Waals surface area contributed by atoms with Crippen molar-refractivity contribution in [2.75, 3.05) is 0 Å². The van der Waals surface area contributed by atoms with E-state index in [9.17, 15) is 0 Å². The Kier molecular flexibility index (Phi) is 3.24. The summed E-state index contributed by atoms with van der Waals surface area (Å²) in [4.78, 5) is 5.35. The Bertz CT molecular complexity index is 558. The van der Waals surface area contributed by atoms with Gasteiger partial charge in [-0.1, -0.05) is 30.7 Å². The van der Waals surface area contributed by atoms with Crippen LogP contribution in [0.1, 0.15) is 23.1 Å². The summed E-state index contributed by atoms with van der Waals surface area (Å²) in [7, 11) is 0. The van der Waals surface area contributed by atoms with E-state index in [1.54, 1.807) is 0 Å². The van der Waals surface area contributed by atoms with Crippen LogP contribution in [-0.4, -0.2) is 10.8 Å². The lowest BCUT2D eigenvalue weighted by Gasteiger charge is -1.97. The van der Waals surface area contributed by atoms with Crippen molar-refractivity contribution in [2.45, 2.75) is 20.3 Å². The molecule has 0 saturated carbocycles. The molecule has 0 atom stereocenters. The number of rotatable bonds is 3. The zero-order valence-electron chi connectivity index (χ0n) is 9.95. The van der Waals surface area contributed by atoms with Crippen LogP contribution in [0.2, 0.25) is 0 Å². The first-order chi connectivity index (χ1) is 8.11. The minimum Gasteiger partial charge on any atom is -0.383 e. The van der Waals surface area contributed by atoms with Crippen LogP contribution in [0.25, 0.3) is 10.6 Å². The Labute approximate surface area is 105 Å². The van der Waals surface area contributed by atoms with Gasteiger partial charge in [0.15, 0.2) is 0 Å². The first-order valence-electron chi connectivity index (χ1n) is 5.53. The molecular formula is C13H15N3S. The fraction of sp³-hybridized carbons (Fsp3) is 0.231. The number of nitrogens with zero attached hydrogens (tertiary/aromatic N) is 1. The van der Waals surface area contributed by atoms with E-state index in [2.05, 4.69) is 24.0 Å². The second-order valence-electron chi connectivity index (χ2n) is 3.93. The van der Waals surface area contributed by atoms with Crippen LogP contribution in [0.4, 0.5) is 0 Å². The summed E-state index contributed by atoms with van der Waals surface area (Å²) >= 11 is 1.49. The van der Waals surface area contributed by atoms with Crippen molar-refractivity contribution < 1.29 is 0 Å². The summed E-state index contributed by atoms with van der Waals surface area (Å²) in [6, 6.07) is 8.21. The van der Waals surface area contributed by atoms with E-state index >= 15 is 0 Å². The number of thiazole rings is 1. The van der Waals surface area contributed by atoms with Crippen LogP contribution in [-0.2, 0) is 6.42 Å². The van der Waals surface area contributed by atoms with E-state index in [-0.39, 0.29) is 5.84 Å². The van der Waals surface area contributed by atoms with E-state index in [0.717, 1.165) is 27.6 Å². The third kappa shape index (κ3) is 2.36. The van der Waals surface area contributed by atoms with Gasteiger partial charge in [-0.15, -0.1) is 11.3 Å². The van der Waals surface area contributed by atoms with Crippen molar-refractivity contribution in [3.05, 3.63) is 40.4 Å². The first kappa shape index (κ1) is 11.8. The fourth-order valence-electron chi connectivity index (χ4n) is 1.70. The molecule has 0 radical (unpaired) electrons. The molecule has 0 fully saturated rings. The second-order valence-corrected chi connectivity index (χ2v) is 4.93. The molecule has 2 aromatic rings. The van der Waals surface area contributed by atoms with Crippen molar-refractivity contribution in [3.8, 4) is 10.6 Å². The summed E-state index contributed by atoms with van der Waals surface area (Å²) in [6.45, 7) is 4.09. The number of amidine groups is 1. The van der Waals surface area contributed by atoms with Gasteiger partial charge in [-0.25, -0.2) is 4.98 Å². The molecule has 0 amide bonds. The molecule has 3 N–H and O–H groups in total. The highest BCUT2D eigenvalue weighted by molar-refractivity contribution is 7.17. The molecule has 0 aliphatic heterocycles. The molecule has 0 bridgehead atoms. The summed E-state index contributed by atoms with van der Waals surface area (Å²) in [5.41, 5.74) is 8.78. The van der Waals surface area contributed by atoms with Crippen molar-refractivity contribution in [3.63, 3.8) is 0 Å². The highest BCUT2D eigenvalue weighted by atomic mass is 32.1. The van der Waals surface area contributed by atoms with Gasteiger partial charge in [-0.05, 0) is 19.4 Å². The van der Waals surface area contributed by atoms with Gasteiger partial charge in [0, 0.05) is 5.56 Å². The summed E-state index contributed by atoms with van der Waals surface area (Å²) < 4.78 is 0. The number of nitrogens with two attached hydrogens (primary N) is 1. The SMILES string of the molecule is CCc1nc(-c2cccc(C)c2)sc1C(=N)N. The van der Waals surface area contributed by atoms with E-state index in [1.807, 2.05) is 19.1 Å². The van der Waals surface area contributed by atoms with E-state index in [0.29, 0.717) is 0 Å². The largest absolute Gasteiger partial charge is 0.383 e. The molecule has 1 aromatic carbocycles. The molecule has 0 aliphatic carbocycles. The molecule has 2 rings (SSSR count). The maximum atomic E-state index is 7.55. The molecule has 3 nitrogen and oxygen atoms in total. The lowest BCUT2D eigenvalue weighted by Crippen LogP contribution is -2.11. The van der Waals surface area contributed by atoms with Gasteiger partial charge in [0.05, 0.1) is 10.6 Å². The highest BCUT2D eigenvalue weighted by Crippen LogP contribution is 2.28. The van der Waals surface area contributed by atoms with Gasteiger partial charge in [0.25, 0.3) is 0 Å². The Balaban J connectivity index is 2.50. The van der Waals surface area contributed by atoms with Crippen molar-refractivity contribution in [2.24, 2.45) is 5.73 Å². The Morgan fingerprint density at radius 2 is 2.24 bits per heavy atom. The molecule has 0 saturated heterocycles. The smallest absolute Gasteiger partial charge is 0.135 e. The topological polar surface area (TPSA) is 62.8 Å². The summed E-state index contributed by atoms with van der Waals surface area (Å²) in [6.07, 6.45) is 0.803. The number of hydrogen-bond acceptors (Lipinski definition) is 3. The fourth-order valence-corrected chi connectivity index (χ4v) is 2.72. The van der Waals surface area contributed by atoms with Crippen LogP contribution in [0, 0.1) is 12.3 Å². The molecule has 1 aromatic heterocycles. The van der Waals surface area contributed by atoms with Crippen LogP contribution in [0.15, 0.2) is 24.3 Å². The quantitative estimate of drug-likeness (QED) is 0.645. The standard InChI is InChI=1S/C13H15N3S/c1-3-10-11(12(14)15)17-13(16-10)9-6-4-5-8(2)7-9/h4-7H,3H2,1-2H3,(H3,14,15). The molecule has 4 heteroatoms. The summed E-state index contributed by atoms with van der Waals surface area (Å²) in [5, 5.41) is 8.49.